The Morgan fingerprint density at radius 1 is 1.39 bits per heavy atom. The molecule has 0 saturated carbocycles. The van der Waals surface area contributed by atoms with E-state index in [0.717, 1.165) is 47.3 Å². The van der Waals surface area contributed by atoms with E-state index in [-0.39, 0.29) is 6.04 Å². The number of rotatable bonds is 3. The molecule has 1 aliphatic heterocycles. The van der Waals surface area contributed by atoms with Crippen LogP contribution in [0.4, 0.5) is 5.13 Å². The van der Waals surface area contributed by atoms with Gasteiger partial charge in [-0.1, -0.05) is 30.3 Å². The van der Waals surface area contributed by atoms with Gasteiger partial charge in [0.2, 0.25) is 0 Å². The SMILES string of the molecule is Cc1nn(C)c2nc(N3CCC[C@@H]3c3cc(C(C)C)on3)sc12. The average Bonchev–Trinajstić information content (AvgIpc) is 3.24. The number of hydrogen-bond donors (Lipinski definition) is 0. The summed E-state index contributed by atoms with van der Waals surface area (Å²) in [6.07, 6.45) is 2.25. The van der Waals surface area contributed by atoms with Gasteiger partial charge in [0.15, 0.2) is 10.8 Å². The molecule has 3 aromatic heterocycles. The quantitative estimate of drug-likeness (QED) is 0.731. The lowest BCUT2D eigenvalue weighted by Crippen LogP contribution is -2.22. The Morgan fingerprint density at radius 3 is 2.91 bits per heavy atom. The van der Waals surface area contributed by atoms with Gasteiger partial charge in [-0.05, 0) is 19.8 Å². The summed E-state index contributed by atoms with van der Waals surface area (Å²) in [5.41, 5.74) is 3.04. The lowest BCUT2D eigenvalue weighted by molar-refractivity contribution is 0.362. The van der Waals surface area contributed by atoms with Crippen LogP contribution in [0.1, 0.15) is 55.8 Å². The Morgan fingerprint density at radius 2 is 2.22 bits per heavy atom. The van der Waals surface area contributed by atoms with E-state index >= 15 is 0 Å². The van der Waals surface area contributed by atoms with Crippen molar-refractivity contribution in [3.05, 3.63) is 23.2 Å². The fourth-order valence-electron chi connectivity index (χ4n) is 3.23. The van der Waals surface area contributed by atoms with Gasteiger partial charge in [0.1, 0.15) is 11.5 Å². The van der Waals surface area contributed by atoms with Gasteiger partial charge in [0, 0.05) is 25.6 Å². The van der Waals surface area contributed by atoms with Crippen LogP contribution >= 0.6 is 11.3 Å². The standard InChI is InChI=1S/C16H21N5OS/c1-9(2)13-8-11(19-22-13)12-6-5-7-21(12)16-17-15-14(23-16)10(3)18-20(15)4/h8-9,12H,5-7H2,1-4H3/t12-/m1/s1. The summed E-state index contributed by atoms with van der Waals surface area (Å²) in [6, 6.07) is 2.37. The number of hydrogen-bond acceptors (Lipinski definition) is 6. The molecule has 1 aliphatic rings. The van der Waals surface area contributed by atoms with Gasteiger partial charge in [-0.15, -0.1) is 0 Å². The second-order valence-electron chi connectivity index (χ2n) is 6.52. The number of fused-ring (bicyclic) bond motifs is 1. The molecule has 0 aliphatic carbocycles. The molecule has 6 nitrogen and oxygen atoms in total. The molecule has 23 heavy (non-hydrogen) atoms. The van der Waals surface area contributed by atoms with Crippen molar-refractivity contribution in [3.63, 3.8) is 0 Å². The Labute approximate surface area is 139 Å². The third-order valence-electron chi connectivity index (χ3n) is 4.49. The van der Waals surface area contributed by atoms with Crippen molar-refractivity contribution in [3.8, 4) is 0 Å². The van der Waals surface area contributed by atoms with Crippen molar-refractivity contribution >= 4 is 26.8 Å². The van der Waals surface area contributed by atoms with Crippen molar-refractivity contribution < 1.29 is 4.52 Å². The van der Waals surface area contributed by atoms with Crippen LogP contribution in [0.25, 0.3) is 10.3 Å². The maximum atomic E-state index is 5.50. The van der Waals surface area contributed by atoms with Gasteiger partial charge in [-0.25, -0.2) is 9.67 Å². The molecule has 7 heteroatoms. The summed E-state index contributed by atoms with van der Waals surface area (Å²) in [7, 11) is 1.95. The van der Waals surface area contributed by atoms with E-state index in [2.05, 4.69) is 35.1 Å². The predicted octanol–water partition coefficient (Wildman–Crippen LogP) is 3.79. The minimum atomic E-state index is 0.264. The maximum Gasteiger partial charge on any atom is 0.188 e. The molecule has 0 spiro atoms. The van der Waals surface area contributed by atoms with Crippen molar-refractivity contribution in [1.82, 2.24) is 19.9 Å². The minimum Gasteiger partial charge on any atom is -0.361 e. The minimum absolute atomic E-state index is 0.264. The highest BCUT2D eigenvalue weighted by Crippen LogP contribution is 2.40. The zero-order chi connectivity index (χ0) is 16.1. The van der Waals surface area contributed by atoms with Gasteiger partial charge in [-0.2, -0.15) is 5.10 Å². The first-order valence-electron chi connectivity index (χ1n) is 8.08. The lowest BCUT2D eigenvalue weighted by atomic mass is 10.1. The molecule has 122 valence electrons. The Kier molecular flexibility index (Phi) is 3.41. The van der Waals surface area contributed by atoms with Gasteiger partial charge in [0.25, 0.3) is 0 Å². The highest BCUT2D eigenvalue weighted by molar-refractivity contribution is 7.22. The first kappa shape index (κ1) is 14.7. The Bertz CT molecular complexity index is 812. The number of thiazole rings is 1. The molecule has 0 radical (unpaired) electrons. The van der Waals surface area contributed by atoms with E-state index in [1.54, 1.807) is 11.3 Å². The topological polar surface area (TPSA) is 60.0 Å². The highest BCUT2D eigenvalue weighted by Gasteiger charge is 2.31. The number of aryl methyl sites for hydroxylation is 2. The van der Waals surface area contributed by atoms with Gasteiger partial charge >= 0.3 is 0 Å². The van der Waals surface area contributed by atoms with E-state index in [9.17, 15) is 0 Å². The smallest absolute Gasteiger partial charge is 0.188 e. The zero-order valence-corrected chi connectivity index (χ0v) is 14.7. The second-order valence-corrected chi connectivity index (χ2v) is 7.50. The first-order valence-corrected chi connectivity index (χ1v) is 8.89. The van der Waals surface area contributed by atoms with Crippen molar-refractivity contribution in [1.29, 1.82) is 0 Å². The largest absolute Gasteiger partial charge is 0.361 e. The fourth-order valence-corrected chi connectivity index (χ4v) is 4.34. The summed E-state index contributed by atoms with van der Waals surface area (Å²) in [5.74, 6) is 1.32. The Balaban J connectivity index is 1.69. The molecule has 1 fully saturated rings. The molecule has 0 unspecified atom stereocenters. The normalized spacial score (nSPS) is 18.7. The number of anilines is 1. The molecule has 4 rings (SSSR count). The summed E-state index contributed by atoms with van der Waals surface area (Å²) in [4.78, 5) is 7.19. The van der Waals surface area contributed by atoms with Crippen molar-refractivity contribution in [2.24, 2.45) is 7.05 Å². The Hall–Kier alpha value is -1.89. The average molecular weight is 331 g/mol. The van der Waals surface area contributed by atoms with E-state index < -0.39 is 0 Å². The molecule has 0 amide bonds. The third-order valence-corrected chi connectivity index (χ3v) is 5.68. The summed E-state index contributed by atoms with van der Waals surface area (Å²) >= 11 is 1.73. The van der Waals surface area contributed by atoms with Crippen molar-refractivity contribution in [2.75, 3.05) is 11.4 Å². The van der Waals surface area contributed by atoms with Crippen LogP contribution in [0, 0.1) is 6.92 Å². The van der Waals surface area contributed by atoms with Gasteiger partial charge in [0.05, 0.1) is 16.4 Å². The van der Waals surface area contributed by atoms with E-state index in [1.807, 2.05) is 18.7 Å². The molecule has 3 aromatic rings. The molecule has 1 saturated heterocycles. The van der Waals surface area contributed by atoms with E-state index in [1.165, 1.54) is 4.70 Å². The number of nitrogens with zero attached hydrogens (tertiary/aromatic N) is 5. The van der Waals surface area contributed by atoms with E-state index in [0.29, 0.717) is 5.92 Å². The first-order chi connectivity index (χ1) is 11.0. The van der Waals surface area contributed by atoms with Crippen LogP contribution in [0.15, 0.2) is 10.6 Å². The zero-order valence-electron chi connectivity index (χ0n) is 13.9. The number of aromatic nitrogens is 4. The third kappa shape index (κ3) is 2.34. The van der Waals surface area contributed by atoms with Crippen LogP contribution in [-0.4, -0.2) is 26.5 Å². The molecule has 1 atom stereocenters. The van der Waals surface area contributed by atoms with Gasteiger partial charge in [-0.3, -0.25) is 0 Å². The summed E-state index contributed by atoms with van der Waals surface area (Å²) in [5, 5.41) is 9.81. The van der Waals surface area contributed by atoms with Gasteiger partial charge < -0.3 is 9.42 Å². The predicted molar refractivity (Wildman–Crippen MR) is 91.0 cm³/mol. The van der Waals surface area contributed by atoms with Crippen molar-refractivity contribution in [2.45, 2.75) is 45.6 Å². The molecule has 4 heterocycles. The molecule has 0 bridgehead atoms. The highest BCUT2D eigenvalue weighted by atomic mass is 32.1. The molecule has 0 N–H and O–H groups in total. The van der Waals surface area contributed by atoms with Crippen LogP contribution in [0.3, 0.4) is 0 Å². The van der Waals surface area contributed by atoms with Crippen LogP contribution in [0.5, 0.6) is 0 Å². The maximum absolute atomic E-state index is 5.50. The van der Waals surface area contributed by atoms with E-state index in [4.69, 9.17) is 9.51 Å². The molecule has 0 aromatic carbocycles. The van der Waals surface area contributed by atoms with Crippen LogP contribution in [-0.2, 0) is 7.05 Å². The fraction of sp³-hybridized carbons (Fsp3) is 0.562. The second kappa shape index (κ2) is 5.33. The molecular weight excluding hydrogens is 310 g/mol. The summed E-state index contributed by atoms with van der Waals surface area (Å²) < 4.78 is 8.54. The van der Waals surface area contributed by atoms with Crippen LogP contribution < -0.4 is 4.90 Å². The lowest BCUT2D eigenvalue weighted by Gasteiger charge is -2.21. The monoisotopic (exact) mass is 331 g/mol. The molecular formula is C16H21N5OS. The van der Waals surface area contributed by atoms with Crippen LogP contribution in [0.2, 0.25) is 0 Å². The summed E-state index contributed by atoms with van der Waals surface area (Å²) in [6.45, 7) is 7.30.